The second-order valence-electron chi connectivity index (χ2n) is 5.09. The lowest BCUT2D eigenvalue weighted by molar-refractivity contribution is -0.124. The number of benzene rings is 1. The summed E-state index contributed by atoms with van der Waals surface area (Å²) < 4.78 is 27.1. The Morgan fingerprint density at radius 3 is 2.26 bits per heavy atom. The maximum atomic E-state index is 12.4. The number of nitrogens with two attached hydrogens (primary N) is 1. The van der Waals surface area contributed by atoms with Gasteiger partial charge in [-0.1, -0.05) is 32.0 Å². The molecule has 0 aliphatic rings. The van der Waals surface area contributed by atoms with E-state index in [1.165, 1.54) is 13.0 Å². The number of primary amides is 1. The second-order valence-corrected chi connectivity index (χ2v) is 6.74. The van der Waals surface area contributed by atoms with E-state index in [4.69, 9.17) is 5.73 Å². The van der Waals surface area contributed by atoms with Gasteiger partial charge in [-0.15, -0.1) is 0 Å². The minimum absolute atomic E-state index is 0.156. The van der Waals surface area contributed by atoms with Gasteiger partial charge in [-0.3, -0.25) is 4.79 Å². The van der Waals surface area contributed by atoms with Crippen LogP contribution in [-0.4, -0.2) is 19.9 Å². The van der Waals surface area contributed by atoms with E-state index in [9.17, 15) is 13.2 Å². The molecule has 1 atom stereocenters. The molecule has 106 valence electrons. The molecule has 0 fully saturated rings. The van der Waals surface area contributed by atoms with E-state index in [0.717, 1.165) is 0 Å². The molecule has 0 saturated heterocycles. The van der Waals surface area contributed by atoms with Gasteiger partial charge in [0, 0.05) is 0 Å². The summed E-state index contributed by atoms with van der Waals surface area (Å²) >= 11 is 0. The average molecular weight is 284 g/mol. The van der Waals surface area contributed by atoms with Crippen molar-refractivity contribution < 1.29 is 13.2 Å². The molecule has 1 unspecified atom stereocenters. The number of carbonyl (C=O) groups excluding carboxylic acids is 1. The molecule has 0 bridgehead atoms. The number of hydrogen-bond donors (Lipinski definition) is 2. The third-order valence-electron chi connectivity index (χ3n) is 3.40. The van der Waals surface area contributed by atoms with Crippen molar-refractivity contribution in [2.24, 2.45) is 11.7 Å². The number of carbonyl (C=O) groups is 1. The Labute approximate surface area is 114 Å². The maximum Gasteiger partial charge on any atom is 0.241 e. The molecule has 1 amide bonds. The first-order chi connectivity index (χ1) is 8.61. The summed E-state index contributed by atoms with van der Waals surface area (Å²) in [7, 11) is -3.79. The fraction of sp³-hybridized carbons (Fsp3) is 0.462. The van der Waals surface area contributed by atoms with Crippen LogP contribution in [-0.2, 0) is 14.8 Å². The third kappa shape index (κ3) is 3.13. The first-order valence-corrected chi connectivity index (χ1v) is 7.49. The maximum absolute atomic E-state index is 12.4. The van der Waals surface area contributed by atoms with Crippen LogP contribution in [0.4, 0.5) is 0 Å². The van der Waals surface area contributed by atoms with Crippen molar-refractivity contribution in [2.75, 3.05) is 0 Å². The molecule has 3 N–H and O–H groups in total. The summed E-state index contributed by atoms with van der Waals surface area (Å²) in [5.74, 6) is -0.955. The van der Waals surface area contributed by atoms with Gasteiger partial charge in [0.05, 0.1) is 4.90 Å². The van der Waals surface area contributed by atoms with Gasteiger partial charge < -0.3 is 5.73 Å². The molecule has 1 aromatic rings. The van der Waals surface area contributed by atoms with E-state index in [1.54, 1.807) is 39.0 Å². The van der Waals surface area contributed by atoms with Crippen molar-refractivity contribution in [3.8, 4) is 0 Å². The van der Waals surface area contributed by atoms with E-state index in [0.29, 0.717) is 5.56 Å². The summed E-state index contributed by atoms with van der Waals surface area (Å²) in [5.41, 5.74) is 4.63. The molecule has 6 heteroatoms. The van der Waals surface area contributed by atoms with Gasteiger partial charge in [0.1, 0.15) is 5.54 Å². The van der Waals surface area contributed by atoms with Crippen molar-refractivity contribution in [1.82, 2.24) is 4.72 Å². The normalized spacial score (nSPS) is 15.2. The molecule has 0 aromatic heterocycles. The molecule has 1 rings (SSSR count). The highest BCUT2D eigenvalue weighted by molar-refractivity contribution is 7.89. The molecule has 0 spiro atoms. The summed E-state index contributed by atoms with van der Waals surface area (Å²) in [5, 5.41) is 0. The van der Waals surface area contributed by atoms with Crippen LogP contribution in [0.25, 0.3) is 0 Å². The zero-order valence-corrected chi connectivity index (χ0v) is 12.4. The van der Waals surface area contributed by atoms with E-state index in [-0.39, 0.29) is 10.8 Å². The molecular weight excluding hydrogens is 264 g/mol. The van der Waals surface area contributed by atoms with Gasteiger partial charge in [-0.2, -0.15) is 4.72 Å². The zero-order chi connectivity index (χ0) is 14.8. The topological polar surface area (TPSA) is 89.3 Å². The molecule has 5 nitrogen and oxygen atoms in total. The minimum atomic E-state index is -3.79. The molecule has 0 aliphatic carbocycles. The van der Waals surface area contributed by atoms with Gasteiger partial charge in [0.15, 0.2) is 0 Å². The summed E-state index contributed by atoms with van der Waals surface area (Å²) in [4.78, 5) is 11.7. The number of aryl methyl sites for hydroxylation is 1. The van der Waals surface area contributed by atoms with Crippen LogP contribution in [0.1, 0.15) is 26.3 Å². The van der Waals surface area contributed by atoms with Crippen molar-refractivity contribution >= 4 is 15.9 Å². The SMILES string of the molecule is Cc1ccccc1S(=O)(=O)NC(C)(C(N)=O)C(C)C. The fourth-order valence-corrected chi connectivity index (χ4v) is 3.40. The lowest BCUT2D eigenvalue weighted by Crippen LogP contribution is -2.58. The molecule has 0 radical (unpaired) electrons. The first-order valence-electron chi connectivity index (χ1n) is 6.01. The molecule has 1 aromatic carbocycles. The quantitative estimate of drug-likeness (QED) is 0.850. The Kier molecular flexibility index (Phi) is 4.37. The molecule has 19 heavy (non-hydrogen) atoms. The zero-order valence-electron chi connectivity index (χ0n) is 11.6. The fourth-order valence-electron chi connectivity index (χ4n) is 1.64. The van der Waals surface area contributed by atoms with Crippen molar-refractivity contribution in [2.45, 2.75) is 38.1 Å². The predicted octanol–water partition coefficient (Wildman–Crippen LogP) is 1.17. The summed E-state index contributed by atoms with van der Waals surface area (Å²) in [6, 6.07) is 6.59. The highest BCUT2D eigenvalue weighted by Crippen LogP contribution is 2.21. The average Bonchev–Trinajstić information content (AvgIpc) is 2.28. The Morgan fingerprint density at radius 1 is 1.32 bits per heavy atom. The summed E-state index contributed by atoms with van der Waals surface area (Å²) in [6.45, 7) is 6.68. The van der Waals surface area contributed by atoms with Crippen molar-refractivity contribution in [3.05, 3.63) is 29.8 Å². The number of nitrogens with one attached hydrogen (secondary N) is 1. The lowest BCUT2D eigenvalue weighted by Gasteiger charge is -2.31. The largest absolute Gasteiger partial charge is 0.368 e. The minimum Gasteiger partial charge on any atom is -0.368 e. The Morgan fingerprint density at radius 2 is 1.84 bits per heavy atom. The summed E-state index contributed by atoms with van der Waals surface area (Å²) in [6.07, 6.45) is 0. The van der Waals surface area contributed by atoms with Crippen LogP contribution >= 0.6 is 0 Å². The monoisotopic (exact) mass is 284 g/mol. The Bertz CT molecular complexity index is 581. The number of hydrogen-bond acceptors (Lipinski definition) is 3. The molecule has 0 heterocycles. The van der Waals surface area contributed by atoms with Crippen LogP contribution in [0.15, 0.2) is 29.2 Å². The Balaban J connectivity index is 3.24. The van der Waals surface area contributed by atoms with Gasteiger partial charge in [0.2, 0.25) is 15.9 Å². The first kappa shape index (κ1) is 15.7. The van der Waals surface area contributed by atoms with Gasteiger partial charge in [0.25, 0.3) is 0 Å². The smallest absolute Gasteiger partial charge is 0.241 e. The second kappa shape index (κ2) is 5.30. The highest BCUT2D eigenvalue weighted by atomic mass is 32.2. The standard InChI is InChI=1S/C13H20N2O3S/c1-9(2)13(4,12(14)16)15-19(17,18)11-8-6-5-7-10(11)3/h5-9,15H,1-4H3,(H2,14,16). The van der Waals surface area contributed by atoms with E-state index < -0.39 is 21.5 Å². The van der Waals surface area contributed by atoms with Crippen molar-refractivity contribution in [1.29, 1.82) is 0 Å². The number of rotatable bonds is 5. The highest BCUT2D eigenvalue weighted by Gasteiger charge is 2.39. The van der Waals surface area contributed by atoms with Crippen LogP contribution in [0.2, 0.25) is 0 Å². The van der Waals surface area contributed by atoms with Crippen LogP contribution in [0, 0.1) is 12.8 Å². The van der Waals surface area contributed by atoms with Gasteiger partial charge >= 0.3 is 0 Å². The van der Waals surface area contributed by atoms with Crippen LogP contribution in [0.3, 0.4) is 0 Å². The van der Waals surface area contributed by atoms with Crippen LogP contribution in [0.5, 0.6) is 0 Å². The van der Waals surface area contributed by atoms with E-state index >= 15 is 0 Å². The predicted molar refractivity (Wildman–Crippen MR) is 73.9 cm³/mol. The Hall–Kier alpha value is -1.40. The molecule has 0 saturated carbocycles. The third-order valence-corrected chi connectivity index (χ3v) is 5.13. The van der Waals surface area contributed by atoms with Gasteiger partial charge in [-0.05, 0) is 31.4 Å². The lowest BCUT2D eigenvalue weighted by atomic mass is 9.89. The molecular formula is C13H20N2O3S. The van der Waals surface area contributed by atoms with Crippen molar-refractivity contribution in [3.63, 3.8) is 0 Å². The van der Waals surface area contributed by atoms with E-state index in [2.05, 4.69) is 4.72 Å². The number of amides is 1. The van der Waals surface area contributed by atoms with Crippen LogP contribution < -0.4 is 10.5 Å². The van der Waals surface area contributed by atoms with Gasteiger partial charge in [-0.25, -0.2) is 8.42 Å². The number of sulfonamides is 1. The molecule has 0 aliphatic heterocycles. The van der Waals surface area contributed by atoms with E-state index in [1.807, 2.05) is 0 Å².